The van der Waals surface area contributed by atoms with Crippen molar-refractivity contribution in [1.82, 2.24) is 20.9 Å². The van der Waals surface area contributed by atoms with Gasteiger partial charge in [0.05, 0.1) is 24.1 Å². The fraction of sp³-hybridized carbons (Fsp3) is 0.306. The van der Waals surface area contributed by atoms with E-state index in [4.69, 9.17) is 5.73 Å². The Morgan fingerprint density at radius 1 is 0.826 bits per heavy atom. The summed E-state index contributed by atoms with van der Waals surface area (Å²) in [6.45, 7) is 5.86. The van der Waals surface area contributed by atoms with E-state index in [1.165, 1.54) is 6.07 Å². The second-order valence-corrected chi connectivity index (χ2v) is 12.0. The third kappa shape index (κ3) is 9.21. The van der Waals surface area contributed by atoms with Crippen molar-refractivity contribution in [3.05, 3.63) is 113 Å². The average Bonchev–Trinajstić information content (AvgIpc) is 3.04. The molecule has 0 fully saturated rings. The van der Waals surface area contributed by atoms with Gasteiger partial charge < -0.3 is 26.8 Å². The number of amides is 4. The van der Waals surface area contributed by atoms with Crippen LogP contribution in [0.2, 0.25) is 0 Å². The van der Waals surface area contributed by atoms with E-state index in [0.717, 1.165) is 17.4 Å². The van der Waals surface area contributed by atoms with Crippen molar-refractivity contribution in [3.8, 4) is 0 Å². The monoisotopic (exact) mass is 623 g/mol. The van der Waals surface area contributed by atoms with Crippen molar-refractivity contribution >= 4 is 34.5 Å². The first-order valence-electron chi connectivity index (χ1n) is 15.3. The number of aliphatic hydroxyl groups is 1. The molecule has 0 aliphatic heterocycles. The highest BCUT2D eigenvalue weighted by Gasteiger charge is 2.30. The van der Waals surface area contributed by atoms with Crippen molar-refractivity contribution in [2.24, 2.45) is 5.73 Å². The summed E-state index contributed by atoms with van der Waals surface area (Å²) < 4.78 is 0. The lowest BCUT2D eigenvalue weighted by atomic mass is 9.93. The summed E-state index contributed by atoms with van der Waals surface area (Å²) >= 11 is 0. The smallest absolute Gasteiger partial charge is 0.270 e. The fourth-order valence-corrected chi connectivity index (χ4v) is 5.02. The molecule has 240 valence electrons. The Balaban J connectivity index is 1.56. The van der Waals surface area contributed by atoms with Crippen molar-refractivity contribution in [2.45, 2.75) is 70.2 Å². The van der Waals surface area contributed by atoms with Gasteiger partial charge >= 0.3 is 0 Å². The zero-order valence-corrected chi connectivity index (χ0v) is 26.3. The maximum atomic E-state index is 13.7. The summed E-state index contributed by atoms with van der Waals surface area (Å²) in [6.07, 6.45) is -0.565. The molecule has 4 rings (SSSR count). The average molecular weight is 624 g/mol. The summed E-state index contributed by atoms with van der Waals surface area (Å²) in [5.41, 5.74) is 7.59. The molecule has 0 aliphatic rings. The molecule has 3 atom stereocenters. The predicted octanol–water partition coefficient (Wildman–Crippen LogP) is 3.46. The SMILES string of the molecule is CCC(C)(C)NC(=O)c1ccccc1C[C@@H](O)[C@H](Cc1ccccc1)NC(=O)[C@H](CC(N)=O)NC(=O)c1ccc2ccccc2n1. The summed E-state index contributed by atoms with van der Waals surface area (Å²) in [7, 11) is 0. The maximum absolute atomic E-state index is 13.7. The van der Waals surface area contributed by atoms with Crippen LogP contribution in [0.25, 0.3) is 10.9 Å². The third-order valence-corrected chi connectivity index (χ3v) is 7.98. The zero-order valence-electron chi connectivity index (χ0n) is 26.3. The van der Waals surface area contributed by atoms with Crippen LogP contribution < -0.4 is 21.7 Å². The molecule has 3 aromatic carbocycles. The van der Waals surface area contributed by atoms with E-state index in [-0.39, 0.29) is 24.4 Å². The molecular weight excluding hydrogens is 582 g/mol. The molecule has 0 unspecified atom stereocenters. The number of nitrogens with one attached hydrogen (secondary N) is 3. The van der Waals surface area contributed by atoms with Gasteiger partial charge in [0.2, 0.25) is 11.8 Å². The zero-order chi connectivity index (χ0) is 33.3. The van der Waals surface area contributed by atoms with Crippen molar-refractivity contribution in [3.63, 3.8) is 0 Å². The first-order chi connectivity index (χ1) is 22.0. The number of carbonyl (C=O) groups excluding carboxylic acids is 4. The Kier molecular flexibility index (Phi) is 11.2. The van der Waals surface area contributed by atoms with Crippen LogP contribution in [0.15, 0.2) is 91.0 Å². The molecule has 0 saturated heterocycles. The summed E-state index contributed by atoms with van der Waals surface area (Å²) in [6, 6.07) is 24.7. The number of hydrogen-bond acceptors (Lipinski definition) is 6. The van der Waals surface area contributed by atoms with Crippen molar-refractivity contribution in [2.75, 3.05) is 0 Å². The van der Waals surface area contributed by atoms with Crippen LogP contribution >= 0.6 is 0 Å². The number of para-hydroxylation sites is 1. The Bertz CT molecular complexity index is 1690. The molecule has 4 aromatic rings. The Morgan fingerprint density at radius 2 is 1.50 bits per heavy atom. The Labute approximate surface area is 268 Å². The molecule has 0 spiro atoms. The minimum absolute atomic E-state index is 0.0573. The largest absolute Gasteiger partial charge is 0.391 e. The van der Waals surface area contributed by atoms with Crippen LogP contribution in [-0.2, 0) is 22.4 Å². The summed E-state index contributed by atoms with van der Waals surface area (Å²) in [5, 5.41) is 20.9. The number of nitrogens with two attached hydrogens (primary N) is 1. The van der Waals surface area contributed by atoms with E-state index in [2.05, 4.69) is 20.9 Å². The summed E-state index contributed by atoms with van der Waals surface area (Å²) in [4.78, 5) is 56.4. The van der Waals surface area contributed by atoms with Gasteiger partial charge in [0.1, 0.15) is 11.7 Å². The van der Waals surface area contributed by atoms with Gasteiger partial charge in [0, 0.05) is 22.9 Å². The molecule has 10 nitrogen and oxygen atoms in total. The van der Waals surface area contributed by atoms with E-state index in [1.807, 2.05) is 63.2 Å². The van der Waals surface area contributed by atoms with Gasteiger partial charge in [-0.3, -0.25) is 19.2 Å². The Morgan fingerprint density at radius 3 is 2.22 bits per heavy atom. The Hall–Kier alpha value is -5.09. The number of nitrogens with zero attached hydrogens (tertiary/aromatic N) is 1. The highest BCUT2D eigenvalue weighted by atomic mass is 16.3. The second kappa shape index (κ2) is 15.3. The van der Waals surface area contributed by atoms with Gasteiger partial charge in [0.15, 0.2) is 0 Å². The number of hydrogen-bond donors (Lipinski definition) is 5. The van der Waals surface area contributed by atoms with E-state index >= 15 is 0 Å². The molecule has 10 heteroatoms. The topological polar surface area (TPSA) is 164 Å². The van der Waals surface area contributed by atoms with E-state index < -0.39 is 47.9 Å². The minimum Gasteiger partial charge on any atom is -0.391 e. The first-order valence-corrected chi connectivity index (χ1v) is 15.3. The molecule has 4 amide bonds. The van der Waals surface area contributed by atoms with Crippen LogP contribution in [0.1, 0.15) is 65.6 Å². The molecule has 0 saturated carbocycles. The van der Waals surface area contributed by atoms with Gasteiger partial charge in [-0.05, 0) is 56.0 Å². The van der Waals surface area contributed by atoms with Gasteiger partial charge in [-0.25, -0.2) is 4.98 Å². The van der Waals surface area contributed by atoms with Crippen LogP contribution in [0.3, 0.4) is 0 Å². The lowest BCUT2D eigenvalue weighted by Gasteiger charge is -2.28. The van der Waals surface area contributed by atoms with Crippen LogP contribution in [0.4, 0.5) is 0 Å². The van der Waals surface area contributed by atoms with Crippen LogP contribution in [-0.4, -0.2) is 57.4 Å². The molecule has 46 heavy (non-hydrogen) atoms. The molecule has 1 aromatic heterocycles. The highest BCUT2D eigenvalue weighted by Crippen LogP contribution is 2.18. The van der Waals surface area contributed by atoms with Gasteiger partial charge in [-0.1, -0.05) is 79.7 Å². The molecule has 0 bridgehead atoms. The number of aromatic nitrogens is 1. The number of rotatable bonds is 14. The third-order valence-electron chi connectivity index (χ3n) is 7.98. The minimum atomic E-state index is -1.32. The second-order valence-electron chi connectivity index (χ2n) is 12.0. The van der Waals surface area contributed by atoms with Crippen LogP contribution in [0.5, 0.6) is 0 Å². The number of pyridine rings is 1. The standard InChI is InChI=1S/C36H41N5O5/c1-4-36(2,3)41-33(44)26-16-10-8-15-25(26)21-31(42)29(20-23-12-6-5-7-13-23)39-35(46)30(22-32(37)43)40-34(45)28-19-18-24-14-9-11-17-27(24)38-28/h5-19,29-31,42H,4,20-22H2,1-3H3,(H2,37,43)(H,39,46)(H,40,45)(H,41,44)/t29-,30-,31+/m0/s1. The number of carbonyl (C=O) groups is 4. The predicted molar refractivity (Wildman–Crippen MR) is 177 cm³/mol. The van der Waals surface area contributed by atoms with Crippen molar-refractivity contribution < 1.29 is 24.3 Å². The van der Waals surface area contributed by atoms with Crippen molar-refractivity contribution in [1.29, 1.82) is 0 Å². The molecule has 6 N–H and O–H groups in total. The lowest BCUT2D eigenvalue weighted by Crippen LogP contribution is -2.54. The highest BCUT2D eigenvalue weighted by molar-refractivity contribution is 5.99. The van der Waals surface area contributed by atoms with Gasteiger partial charge in [-0.15, -0.1) is 0 Å². The lowest BCUT2D eigenvalue weighted by molar-refractivity contribution is -0.128. The van der Waals surface area contributed by atoms with E-state index in [0.29, 0.717) is 16.6 Å². The molecule has 1 heterocycles. The number of fused-ring (bicyclic) bond motifs is 1. The number of aliphatic hydroxyl groups excluding tert-OH is 1. The van der Waals surface area contributed by atoms with E-state index in [9.17, 15) is 24.3 Å². The number of primary amides is 1. The summed E-state index contributed by atoms with van der Waals surface area (Å²) in [5.74, 6) is -2.39. The molecule has 0 radical (unpaired) electrons. The quantitative estimate of drug-likeness (QED) is 0.144. The normalized spacial score (nSPS) is 13.3. The fourth-order valence-electron chi connectivity index (χ4n) is 5.02. The maximum Gasteiger partial charge on any atom is 0.270 e. The molecule has 0 aliphatic carbocycles. The molecular formula is C36H41N5O5. The number of benzene rings is 3. The first kappa shape index (κ1) is 33.8. The van der Waals surface area contributed by atoms with Gasteiger partial charge in [0.25, 0.3) is 11.8 Å². The van der Waals surface area contributed by atoms with Gasteiger partial charge in [-0.2, -0.15) is 0 Å². The van der Waals surface area contributed by atoms with Crippen LogP contribution in [0, 0.1) is 0 Å². The van der Waals surface area contributed by atoms with E-state index in [1.54, 1.807) is 42.5 Å².